The van der Waals surface area contributed by atoms with E-state index in [4.69, 9.17) is 18.5 Å². The van der Waals surface area contributed by atoms with Crippen LogP contribution in [-0.2, 0) is 32.7 Å². The van der Waals surface area contributed by atoms with Gasteiger partial charge in [-0.05, 0) is 59.0 Å². The number of rotatable bonds is 11. The molecule has 0 fully saturated rings. The molecule has 0 N–H and O–H groups in total. The predicted octanol–water partition coefficient (Wildman–Crippen LogP) is 4.64. The molecule has 0 aromatic heterocycles. The molecule has 3 atom stereocenters. The first-order valence-corrected chi connectivity index (χ1v) is 11.7. The lowest BCUT2D eigenvalue weighted by Gasteiger charge is -2.35. The molecule has 0 saturated heterocycles. The van der Waals surface area contributed by atoms with E-state index in [1.165, 1.54) is 5.57 Å². The zero-order valence-electron chi connectivity index (χ0n) is 18.0. The van der Waals surface area contributed by atoms with Gasteiger partial charge in [0.05, 0.1) is 26.2 Å². The summed E-state index contributed by atoms with van der Waals surface area (Å²) < 4.78 is 34.4. The molecule has 0 amide bonds. The van der Waals surface area contributed by atoms with Crippen molar-refractivity contribution in [1.29, 1.82) is 0 Å². The van der Waals surface area contributed by atoms with E-state index in [2.05, 4.69) is 13.8 Å². The first-order chi connectivity index (χ1) is 13.1. The minimum atomic E-state index is -3.87. The van der Waals surface area contributed by atoms with Gasteiger partial charge in [0.15, 0.2) is 5.66 Å². The summed E-state index contributed by atoms with van der Waals surface area (Å²) in [4.78, 5) is 25.1. The molecule has 7 nitrogen and oxygen atoms in total. The van der Waals surface area contributed by atoms with E-state index in [-0.39, 0.29) is 19.8 Å². The van der Waals surface area contributed by atoms with Gasteiger partial charge < -0.3 is 18.5 Å². The largest absolute Gasteiger partial charge is 0.465 e. The minimum absolute atomic E-state index is 0.0834. The molecule has 28 heavy (non-hydrogen) atoms. The molecule has 3 unspecified atom stereocenters. The Kier molecular flexibility index (Phi) is 9.88. The maximum Gasteiger partial charge on any atom is 0.345 e. The summed E-state index contributed by atoms with van der Waals surface area (Å²) in [6.45, 7) is 11.3. The van der Waals surface area contributed by atoms with Crippen molar-refractivity contribution in [3.05, 3.63) is 11.6 Å². The molecule has 1 rings (SSSR count). The monoisotopic (exact) mass is 418 g/mol. The zero-order chi connectivity index (χ0) is 21.4. The number of hydrogen-bond acceptors (Lipinski definition) is 7. The summed E-state index contributed by atoms with van der Waals surface area (Å²) in [6, 6.07) is 0. The standard InChI is InChI=1S/C20H35O7P/c1-7-16-11-15(5)13-20(6,14-16)27-18(21)12-17(19(22)24-8-2)28(23,25-9-3)26-10-4/h14-15,17H,7-13H2,1-6H3. The molecule has 8 heteroatoms. The number of carbonyl (C=O) groups is 2. The van der Waals surface area contributed by atoms with Crippen LogP contribution in [-0.4, -0.2) is 43.0 Å². The topological polar surface area (TPSA) is 88.1 Å². The fraction of sp³-hybridized carbons (Fsp3) is 0.800. The molecular weight excluding hydrogens is 383 g/mol. The zero-order valence-corrected chi connectivity index (χ0v) is 18.9. The van der Waals surface area contributed by atoms with E-state index in [9.17, 15) is 14.2 Å². The quantitative estimate of drug-likeness (QED) is 0.274. The SMILES string of the molecule is CCOC(=O)C(CC(=O)OC1(C)C=C(CC)CC(C)C1)P(=O)(OCC)OCC. The fourth-order valence-electron chi connectivity index (χ4n) is 3.68. The molecular formula is C20H35O7P. The molecule has 0 aliphatic heterocycles. The molecule has 0 aromatic rings. The molecule has 1 aliphatic rings. The van der Waals surface area contributed by atoms with Crippen LogP contribution in [0, 0.1) is 5.92 Å². The van der Waals surface area contributed by atoms with Crippen LogP contribution in [0.15, 0.2) is 11.6 Å². The first kappa shape index (κ1) is 24.9. The summed E-state index contributed by atoms with van der Waals surface area (Å²) in [6.07, 6.45) is 4.15. The van der Waals surface area contributed by atoms with Crippen molar-refractivity contribution in [3.63, 3.8) is 0 Å². The van der Waals surface area contributed by atoms with Crippen LogP contribution in [0.1, 0.15) is 67.2 Å². The van der Waals surface area contributed by atoms with Crippen LogP contribution in [0.25, 0.3) is 0 Å². The Labute approximate surface area is 168 Å². The molecule has 162 valence electrons. The van der Waals surface area contributed by atoms with Gasteiger partial charge in [-0.2, -0.15) is 0 Å². The second-order valence-corrected chi connectivity index (χ2v) is 9.52. The Balaban J connectivity index is 3.03. The average molecular weight is 418 g/mol. The van der Waals surface area contributed by atoms with E-state index in [0.717, 1.165) is 12.8 Å². The number of carbonyl (C=O) groups excluding carboxylic acids is 2. The lowest BCUT2D eigenvalue weighted by molar-refractivity contribution is -0.158. The number of ether oxygens (including phenoxy) is 2. The summed E-state index contributed by atoms with van der Waals surface area (Å²) in [5, 5.41) is 0. The Bertz CT molecular complexity index is 606. The maximum absolute atomic E-state index is 13.1. The van der Waals surface area contributed by atoms with Crippen LogP contribution in [0.3, 0.4) is 0 Å². The molecule has 1 aliphatic carbocycles. The van der Waals surface area contributed by atoms with E-state index in [0.29, 0.717) is 12.3 Å². The van der Waals surface area contributed by atoms with E-state index in [1.807, 2.05) is 13.0 Å². The normalized spacial score (nSPS) is 23.6. The van der Waals surface area contributed by atoms with Crippen molar-refractivity contribution in [2.45, 2.75) is 78.5 Å². The molecule has 0 saturated carbocycles. The van der Waals surface area contributed by atoms with Gasteiger partial charge in [-0.3, -0.25) is 14.2 Å². The fourth-order valence-corrected chi connectivity index (χ4v) is 5.54. The van der Waals surface area contributed by atoms with Gasteiger partial charge in [0.25, 0.3) is 0 Å². The third-order valence-electron chi connectivity index (χ3n) is 4.59. The molecule has 0 heterocycles. The average Bonchev–Trinajstić information content (AvgIpc) is 2.58. The van der Waals surface area contributed by atoms with E-state index < -0.39 is 37.2 Å². The lowest BCUT2D eigenvalue weighted by Crippen LogP contribution is -2.37. The van der Waals surface area contributed by atoms with Crippen LogP contribution in [0.5, 0.6) is 0 Å². The number of hydrogen-bond donors (Lipinski definition) is 0. The van der Waals surface area contributed by atoms with Gasteiger partial charge in [0.1, 0.15) is 5.60 Å². The molecule has 0 aromatic carbocycles. The second-order valence-electron chi connectivity index (χ2n) is 7.30. The van der Waals surface area contributed by atoms with Gasteiger partial charge in [0, 0.05) is 0 Å². The third kappa shape index (κ3) is 7.02. The van der Waals surface area contributed by atoms with Crippen molar-refractivity contribution < 1.29 is 32.7 Å². The van der Waals surface area contributed by atoms with Crippen LogP contribution in [0.2, 0.25) is 0 Å². The maximum atomic E-state index is 13.1. The van der Waals surface area contributed by atoms with Crippen molar-refractivity contribution in [2.24, 2.45) is 5.92 Å². The van der Waals surface area contributed by atoms with Gasteiger partial charge in [-0.15, -0.1) is 0 Å². The van der Waals surface area contributed by atoms with Crippen molar-refractivity contribution in [2.75, 3.05) is 19.8 Å². The molecule has 0 spiro atoms. The van der Waals surface area contributed by atoms with Gasteiger partial charge in [-0.25, -0.2) is 0 Å². The first-order valence-electron chi connectivity index (χ1n) is 10.1. The van der Waals surface area contributed by atoms with Crippen molar-refractivity contribution in [1.82, 2.24) is 0 Å². The summed E-state index contributed by atoms with van der Waals surface area (Å²) in [5.74, 6) is -1.02. The van der Waals surface area contributed by atoms with Crippen molar-refractivity contribution in [3.8, 4) is 0 Å². The Morgan fingerprint density at radius 3 is 2.29 bits per heavy atom. The smallest absolute Gasteiger partial charge is 0.345 e. The van der Waals surface area contributed by atoms with Crippen LogP contribution < -0.4 is 0 Å². The predicted molar refractivity (Wildman–Crippen MR) is 107 cm³/mol. The highest BCUT2D eigenvalue weighted by molar-refractivity contribution is 7.55. The van der Waals surface area contributed by atoms with Crippen molar-refractivity contribution >= 4 is 19.5 Å². The third-order valence-corrected chi connectivity index (χ3v) is 6.99. The summed E-state index contributed by atoms with van der Waals surface area (Å²) >= 11 is 0. The minimum Gasteiger partial charge on any atom is -0.465 e. The number of allylic oxidation sites excluding steroid dienone is 1. The van der Waals surface area contributed by atoms with Gasteiger partial charge >= 0.3 is 19.5 Å². The number of esters is 2. The summed E-state index contributed by atoms with van der Waals surface area (Å²) in [5.41, 5.74) is -0.857. The van der Waals surface area contributed by atoms with E-state index in [1.54, 1.807) is 20.8 Å². The van der Waals surface area contributed by atoms with Crippen LogP contribution >= 0.6 is 7.60 Å². The highest BCUT2D eigenvalue weighted by atomic mass is 31.2. The van der Waals surface area contributed by atoms with Crippen LogP contribution in [0.4, 0.5) is 0 Å². The van der Waals surface area contributed by atoms with Gasteiger partial charge in [0.2, 0.25) is 0 Å². The molecule has 0 bridgehead atoms. The Morgan fingerprint density at radius 1 is 1.18 bits per heavy atom. The second kappa shape index (κ2) is 11.1. The highest BCUT2D eigenvalue weighted by Crippen LogP contribution is 2.55. The van der Waals surface area contributed by atoms with Gasteiger partial charge in [-0.1, -0.05) is 19.4 Å². The molecule has 0 radical (unpaired) electrons. The Hall–Kier alpha value is -1.17. The Morgan fingerprint density at radius 2 is 1.79 bits per heavy atom. The van der Waals surface area contributed by atoms with E-state index >= 15 is 0 Å². The highest BCUT2D eigenvalue weighted by Gasteiger charge is 2.45. The lowest BCUT2D eigenvalue weighted by atomic mass is 9.80. The summed E-state index contributed by atoms with van der Waals surface area (Å²) in [7, 11) is -3.87.